The minimum absolute atomic E-state index is 1.11. The molecule has 0 radical (unpaired) electrons. The predicted molar refractivity (Wildman–Crippen MR) is 195 cm³/mol. The third kappa shape index (κ3) is 5.14. The fourth-order valence-corrected chi connectivity index (χ4v) is 6.36. The lowest BCUT2D eigenvalue weighted by Crippen LogP contribution is -2.12. The average Bonchev–Trinajstić information content (AvgIpc) is 3.14. The Balaban J connectivity index is 1.15. The van der Waals surface area contributed by atoms with Gasteiger partial charge in [-0.15, -0.1) is 0 Å². The second kappa shape index (κ2) is 12.1. The smallest absolute Gasteiger partial charge is 0.117 e. The van der Waals surface area contributed by atoms with Gasteiger partial charge in [0.25, 0.3) is 0 Å². The van der Waals surface area contributed by atoms with Crippen LogP contribution in [-0.4, -0.2) is 0 Å². The lowest BCUT2D eigenvalue weighted by atomic mass is 9.99. The van der Waals surface area contributed by atoms with Crippen molar-refractivity contribution in [3.63, 3.8) is 0 Å². The molecule has 0 aromatic heterocycles. The quantitative estimate of drug-likeness (QED) is 0.171. The molecule has 0 fully saturated rings. The minimum atomic E-state index is 1.11. The molecule has 2 nitrogen and oxygen atoms in total. The zero-order valence-corrected chi connectivity index (χ0v) is 25.3. The third-order valence-corrected chi connectivity index (χ3v) is 8.56. The van der Waals surface area contributed by atoms with E-state index in [9.17, 15) is 0 Å². The molecule has 0 N–H and O–H groups in total. The zero-order valence-electron chi connectivity index (χ0n) is 25.3. The third-order valence-electron chi connectivity index (χ3n) is 8.56. The number of hydrogen-bond donors (Lipinski definition) is 0. The maximum Gasteiger partial charge on any atom is 0.117 e. The minimum Gasteiger partial charge on any atom is -0.310 e. The normalized spacial score (nSPS) is 11.6. The lowest BCUT2D eigenvalue weighted by molar-refractivity contribution is 1.27. The van der Waals surface area contributed by atoms with Gasteiger partial charge >= 0.3 is 0 Å². The maximum absolute atomic E-state index is 3.22. The molecule has 0 spiro atoms. The number of fused-ring (bicyclic) bond motifs is 2. The summed E-state index contributed by atoms with van der Waals surface area (Å²) in [7, 11) is 0. The average molecular weight is 588 g/mol. The fraction of sp³-hybridized carbons (Fsp3) is 0. The molecule has 0 saturated heterocycles. The predicted octanol–water partition coefficient (Wildman–Crippen LogP) is 12.3. The first kappa shape index (κ1) is 27.3. The van der Waals surface area contributed by atoms with E-state index in [1.165, 1.54) is 33.0 Å². The van der Waals surface area contributed by atoms with E-state index in [-0.39, 0.29) is 0 Å². The van der Waals surface area contributed by atoms with E-state index in [1.54, 1.807) is 0 Å². The van der Waals surface area contributed by atoms with Gasteiger partial charge < -0.3 is 9.80 Å². The van der Waals surface area contributed by atoms with Crippen LogP contribution in [0.4, 0.5) is 34.1 Å². The van der Waals surface area contributed by atoms with Crippen LogP contribution in [0.1, 0.15) is 11.1 Å². The van der Waals surface area contributed by atoms with Gasteiger partial charge in [-0.3, -0.25) is 0 Å². The van der Waals surface area contributed by atoms with Crippen molar-refractivity contribution in [1.29, 1.82) is 0 Å². The maximum atomic E-state index is 3.22. The molecule has 0 bridgehead atoms. The van der Waals surface area contributed by atoms with Gasteiger partial charge in [0, 0.05) is 40.3 Å². The van der Waals surface area contributed by atoms with Crippen LogP contribution in [0.15, 0.2) is 176 Å². The molecule has 1 aliphatic rings. The van der Waals surface area contributed by atoms with Crippen LogP contribution in [0.5, 0.6) is 0 Å². The largest absolute Gasteiger partial charge is 0.310 e. The van der Waals surface area contributed by atoms with Gasteiger partial charge in [-0.25, -0.2) is 0 Å². The monoisotopic (exact) mass is 587 g/mol. The highest BCUT2D eigenvalue weighted by molar-refractivity contribution is 5.99. The number of rotatable bonds is 7. The van der Waals surface area contributed by atoms with Crippen LogP contribution in [0.3, 0.4) is 0 Å². The molecule has 46 heavy (non-hydrogen) atoms. The summed E-state index contributed by atoms with van der Waals surface area (Å²) in [4.78, 5) is 4.67. The van der Waals surface area contributed by atoms with Gasteiger partial charge in [0.1, 0.15) is 17.7 Å². The Morgan fingerprint density at radius 1 is 0.391 bits per heavy atom. The fourth-order valence-electron chi connectivity index (χ4n) is 6.36. The summed E-state index contributed by atoms with van der Waals surface area (Å²) < 4.78 is 0. The number of nitrogens with zero attached hydrogens (tertiary/aromatic N) is 2. The molecule has 0 atom stereocenters. The highest BCUT2D eigenvalue weighted by Gasteiger charge is 2.21. The Bertz CT molecular complexity index is 2170. The lowest BCUT2D eigenvalue weighted by Gasteiger charge is -2.27. The Morgan fingerprint density at radius 2 is 0.891 bits per heavy atom. The first-order valence-electron chi connectivity index (χ1n) is 15.6. The number of allylic oxidation sites excluding steroid dienone is 2. The van der Waals surface area contributed by atoms with Crippen LogP contribution < -0.4 is 9.80 Å². The molecule has 0 heterocycles. The molecule has 216 valence electrons. The van der Waals surface area contributed by atoms with Crippen molar-refractivity contribution in [2.75, 3.05) is 9.80 Å². The molecule has 0 amide bonds. The topological polar surface area (TPSA) is 6.48 Å². The zero-order chi connectivity index (χ0) is 30.7. The van der Waals surface area contributed by atoms with Crippen LogP contribution in [-0.2, 0) is 0 Å². The first-order valence-corrected chi connectivity index (χ1v) is 15.6. The van der Waals surface area contributed by atoms with Gasteiger partial charge in [0.2, 0.25) is 0 Å². The number of para-hydroxylation sites is 2. The van der Waals surface area contributed by atoms with E-state index in [0.29, 0.717) is 0 Å². The number of anilines is 6. The van der Waals surface area contributed by atoms with Crippen molar-refractivity contribution in [1.82, 2.24) is 0 Å². The van der Waals surface area contributed by atoms with Crippen molar-refractivity contribution in [3.05, 3.63) is 193 Å². The molecular weight excluding hydrogens is 556 g/mol. The van der Waals surface area contributed by atoms with E-state index in [4.69, 9.17) is 0 Å². The Morgan fingerprint density at radius 3 is 1.54 bits per heavy atom. The van der Waals surface area contributed by atoms with Crippen LogP contribution >= 0.6 is 0 Å². The van der Waals surface area contributed by atoms with Crippen molar-refractivity contribution in [2.45, 2.75) is 0 Å². The second-order valence-electron chi connectivity index (χ2n) is 11.4. The summed E-state index contributed by atoms with van der Waals surface area (Å²) in [6.07, 6.45) is 9.41. The summed E-state index contributed by atoms with van der Waals surface area (Å²) in [5.41, 5.74) is 11.5. The van der Waals surface area contributed by atoms with Crippen molar-refractivity contribution in [3.8, 4) is 11.1 Å². The van der Waals surface area contributed by atoms with E-state index >= 15 is 0 Å². The second-order valence-corrected chi connectivity index (χ2v) is 11.4. The summed E-state index contributed by atoms with van der Waals surface area (Å²) >= 11 is 0. The van der Waals surface area contributed by atoms with E-state index < -0.39 is 0 Å². The molecule has 2 heteroatoms. The molecule has 0 saturated carbocycles. The van der Waals surface area contributed by atoms with Gasteiger partial charge in [-0.1, -0.05) is 97.1 Å². The van der Waals surface area contributed by atoms with E-state index in [0.717, 1.165) is 34.1 Å². The summed E-state index contributed by atoms with van der Waals surface area (Å²) in [5, 5.41) is 2.45. The van der Waals surface area contributed by atoms with Crippen LogP contribution in [0.25, 0.3) is 34.1 Å². The van der Waals surface area contributed by atoms with Crippen molar-refractivity contribution >= 4 is 57.0 Å². The molecule has 0 aliphatic heterocycles. The van der Waals surface area contributed by atoms with Crippen LogP contribution in [0.2, 0.25) is 0 Å². The summed E-state index contributed by atoms with van der Waals surface area (Å²) in [5.74, 6) is 0. The standard InChI is InChI=1S/C44H31N2/c1-3-17-37(18-4-1)45(43-23-11-15-35-13-7-9-21-41(35)43)39-29-25-33(26-30-39)34-27-31-40(32-28-34)46(38-19-5-2-6-20-38)44-24-12-16-36-14-8-10-22-42(36)44/h1-7,9-32H/q+1. The molecule has 1 aliphatic carbocycles. The van der Waals surface area contributed by atoms with Gasteiger partial charge in [-0.05, 0) is 83.2 Å². The molecule has 7 aromatic rings. The molecule has 8 rings (SSSR count). The molecular formula is C44H31N2+. The Labute approximate surface area is 270 Å². The SMILES string of the molecule is [C+]1=Cc2cccc(N(c3ccccc3)c3ccc(-c4ccc(N(c5ccccc5)c5cccc6ccccc56)cc4)cc3)c2C=C1. The van der Waals surface area contributed by atoms with E-state index in [1.807, 2.05) is 12.2 Å². The van der Waals surface area contributed by atoms with Crippen molar-refractivity contribution < 1.29 is 0 Å². The molecule has 0 unspecified atom stereocenters. The van der Waals surface area contributed by atoms with Crippen LogP contribution in [0, 0.1) is 6.08 Å². The molecule has 7 aromatic carbocycles. The number of hydrogen-bond acceptors (Lipinski definition) is 2. The first-order chi connectivity index (χ1) is 22.8. The Kier molecular flexibility index (Phi) is 7.17. The summed E-state index contributed by atoms with van der Waals surface area (Å²) in [6.45, 7) is 0. The highest BCUT2D eigenvalue weighted by Crippen LogP contribution is 2.41. The highest BCUT2D eigenvalue weighted by atomic mass is 15.1. The van der Waals surface area contributed by atoms with Gasteiger partial charge in [0.05, 0.1) is 23.0 Å². The number of benzene rings is 7. The van der Waals surface area contributed by atoms with Crippen molar-refractivity contribution in [2.24, 2.45) is 0 Å². The summed E-state index contributed by atoms with van der Waals surface area (Å²) in [6, 6.07) is 60.5. The Hall–Kier alpha value is -6.21. The van der Waals surface area contributed by atoms with Gasteiger partial charge in [0.15, 0.2) is 0 Å². The van der Waals surface area contributed by atoms with E-state index in [2.05, 4.69) is 192 Å². The van der Waals surface area contributed by atoms with Gasteiger partial charge in [-0.2, -0.15) is 0 Å².